The number of hydrogen-bond donors (Lipinski definition) is 2. The van der Waals surface area contributed by atoms with Gasteiger partial charge in [-0.3, -0.25) is 30.1 Å². The highest BCUT2D eigenvalue weighted by atomic mass is 16.5. The third-order valence-electron chi connectivity index (χ3n) is 3.10. The molecular weight excluding hydrogens is 250 g/mol. The SMILES string of the molecule is COC(=O)CC1CCCCN1CC(=O)NNC(C)=O. The van der Waals surface area contributed by atoms with Gasteiger partial charge in [0.25, 0.3) is 5.91 Å². The van der Waals surface area contributed by atoms with E-state index in [9.17, 15) is 14.4 Å². The number of hydrogen-bond acceptors (Lipinski definition) is 5. The predicted molar refractivity (Wildman–Crippen MR) is 67.8 cm³/mol. The van der Waals surface area contributed by atoms with Gasteiger partial charge in [0.05, 0.1) is 20.1 Å². The molecule has 0 spiro atoms. The van der Waals surface area contributed by atoms with E-state index in [1.54, 1.807) is 0 Å². The zero-order chi connectivity index (χ0) is 14.3. The first-order valence-corrected chi connectivity index (χ1v) is 6.39. The molecule has 1 unspecified atom stereocenters. The lowest BCUT2D eigenvalue weighted by molar-refractivity contribution is -0.143. The summed E-state index contributed by atoms with van der Waals surface area (Å²) in [6.07, 6.45) is 3.23. The third-order valence-corrected chi connectivity index (χ3v) is 3.10. The van der Waals surface area contributed by atoms with Gasteiger partial charge in [0.2, 0.25) is 5.91 Å². The molecule has 0 bridgehead atoms. The van der Waals surface area contributed by atoms with Gasteiger partial charge < -0.3 is 4.74 Å². The Morgan fingerprint density at radius 1 is 1.26 bits per heavy atom. The lowest BCUT2D eigenvalue weighted by Gasteiger charge is -2.34. The summed E-state index contributed by atoms with van der Waals surface area (Å²) < 4.78 is 4.66. The molecule has 1 atom stereocenters. The van der Waals surface area contributed by atoms with Crippen LogP contribution < -0.4 is 10.9 Å². The van der Waals surface area contributed by atoms with Crippen molar-refractivity contribution in [2.24, 2.45) is 0 Å². The van der Waals surface area contributed by atoms with E-state index in [1.165, 1.54) is 14.0 Å². The Labute approximate surface area is 112 Å². The molecule has 0 aromatic rings. The lowest BCUT2D eigenvalue weighted by atomic mass is 9.99. The molecule has 0 radical (unpaired) electrons. The van der Waals surface area contributed by atoms with E-state index >= 15 is 0 Å². The second kappa shape index (κ2) is 7.73. The van der Waals surface area contributed by atoms with Gasteiger partial charge in [-0.2, -0.15) is 0 Å². The average Bonchev–Trinajstić information content (AvgIpc) is 2.38. The molecule has 7 heteroatoms. The molecule has 1 aliphatic heterocycles. The molecule has 1 aliphatic rings. The number of rotatable bonds is 4. The highest BCUT2D eigenvalue weighted by Crippen LogP contribution is 2.19. The number of carbonyl (C=O) groups is 3. The van der Waals surface area contributed by atoms with E-state index in [0.717, 1.165) is 25.8 Å². The van der Waals surface area contributed by atoms with Crippen LogP contribution >= 0.6 is 0 Å². The molecule has 0 saturated carbocycles. The first kappa shape index (κ1) is 15.4. The fourth-order valence-electron chi connectivity index (χ4n) is 2.16. The molecular formula is C12H21N3O4. The second-order valence-electron chi connectivity index (χ2n) is 4.63. The Bertz CT molecular complexity index is 346. The summed E-state index contributed by atoms with van der Waals surface area (Å²) in [5, 5.41) is 0. The summed E-state index contributed by atoms with van der Waals surface area (Å²) in [5.41, 5.74) is 4.57. The Kier molecular flexibility index (Phi) is 6.27. The van der Waals surface area contributed by atoms with Gasteiger partial charge in [0.15, 0.2) is 0 Å². The van der Waals surface area contributed by atoms with Crippen LogP contribution in [0.3, 0.4) is 0 Å². The van der Waals surface area contributed by atoms with Gasteiger partial charge in [-0.25, -0.2) is 0 Å². The van der Waals surface area contributed by atoms with E-state index in [4.69, 9.17) is 0 Å². The molecule has 108 valence electrons. The van der Waals surface area contributed by atoms with Crippen LogP contribution in [0.4, 0.5) is 0 Å². The van der Waals surface area contributed by atoms with Crippen LogP contribution in [0.5, 0.6) is 0 Å². The summed E-state index contributed by atoms with van der Waals surface area (Å²) >= 11 is 0. The topological polar surface area (TPSA) is 87.7 Å². The highest BCUT2D eigenvalue weighted by molar-refractivity contribution is 5.82. The molecule has 1 heterocycles. The molecule has 2 N–H and O–H groups in total. The van der Waals surface area contributed by atoms with Crippen LogP contribution in [0.15, 0.2) is 0 Å². The maximum Gasteiger partial charge on any atom is 0.307 e. The predicted octanol–water partition coefficient (Wildman–Crippen LogP) is -0.429. The Morgan fingerprint density at radius 2 is 2.00 bits per heavy atom. The number of piperidine rings is 1. The van der Waals surface area contributed by atoms with Gasteiger partial charge in [-0.05, 0) is 19.4 Å². The van der Waals surface area contributed by atoms with E-state index in [0.29, 0.717) is 6.42 Å². The van der Waals surface area contributed by atoms with Gasteiger partial charge in [0.1, 0.15) is 0 Å². The van der Waals surface area contributed by atoms with Gasteiger partial charge in [0, 0.05) is 13.0 Å². The minimum absolute atomic E-state index is 0.0317. The number of carbonyl (C=O) groups excluding carboxylic acids is 3. The van der Waals surface area contributed by atoms with Crippen molar-refractivity contribution in [2.45, 2.75) is 38.6 Å². The molecule has 1 rings (SSSR count). The number of likely N-dealkylation sites (tertiary alicyclic amines) is 1. The maximum atomic E-state index is 11.6. The van der Waals surface area contributed by atoms with Crippen LogP contribution in [0, 0.1) is 0 Å². The standard InChI is InChI=1S/C12H21N3O4/c1-9(16)13-14-11(17)8-15-6-4-3-5-10(15)7-12(18)19-2/h10H,3-8H2,1-2H3,(H,13,16)(H,14,17). The van der Waals surface area contributed by atoms with Crippen LogP contribution in [0.25, 0.3) is 0 Å². The van der Waals surface area contributed by atoms with Crippen molar-refractivity contribution in [1.82, 2.24) is 15.8 Å². The van der Waals surface area contributed by atoms with Crippen molar-refractivity contribution in [3.63, 3.8) is 0 Å². The molecule has 7 nitrogen and oxygen atoms in total. The van der Waals surface area contributed by atoms with Crippen LogP contribution in [0.1, 0.15) is 32.6 Å². The van der Waals surface area contributed by atoms with E-state index in [-0.39, 0.29) is 30.4 Å². The first-order chi connectivity index (χ1) is 9.02. The first-order valence-electron chi connectivity index (χ1n) is 6.39. The van der Waals surface area contributed by atoms with Crippen molar-refractivity contribution in [3.8, 4) is 0 Å². The number of ether oxygens (including phenoxy) is 1. The molecule has 1 saturated heterocycles. The zero-order valence-corrected chi connectivity index (χ0v) is 11.4. The number of amides is 2. The number of methoxy groups -OCH3 is 1. The van der Waals surface area contributed by atoms with Crippen molar-refractivity contribution >= 4 is 17.8 Å². The van der Waals surface area contributed by atoms with Gasteiger partial charge in [-0.15, -0.1) is 0 Å². The smallest absolute Gasteiger partial charge is 0.307 e. The molecule has 2 amide bonds. The minimum atomic E-state index is -0.321. The largest absolute Gasteiger partial charge is 0.469 e. The summed E-state index contributed by atoms with van der Waals surface area (Å²) in [4.78, 5) is 35.6. The Hall–Kier alpha value is -1.63. The van der Waals surface area contributed by atoms with Crippen molar-refractivity contribution < 1.29 is 19.1 Å². The summed E-state index contributed by atoms with van der Waals surface area (Å²) in [5.74, 6) is -0.871. The van der Waals surface area contributed by atoms with Crippen LogP contribution in [-0.4, -0.2) is 48.9 Å². The molecule has 0 aromatic carbocycles. The van der Waals surface area contributed by atoms with E-state index < -0.39 is 0 Å². The van der Waals surface area contributed by atoms with Crippen LogP contribution in [-0.2, 0) is 19.1 Å². The number of hydrazine groups is 1. The monoisotopic (exact) mass is 271 g/mol. The second-order valence-corrected chi connectivity index (χ2v) is 4.63. The number of nitrogens with zero attached hydrogens (tertiary/aromatic N) is 1. The summed E-state index contributed by atoms with van der Waals surface area (Å²) in [6, 6.07) is 0.0317. The van der Waals surface area contributed by atoms with Gasteiger partial charge in [-0.1, -0.05) is 6.42 Å². The van der Waals surface area contributed by atoms with Crippen molar-refractivity contribution in [1.29, 1.82) is 0 Å². The minimum Gasteiger partial charge on any atom is -0.469 e. The maximum absolute atomic E-state index is 11.6. The number of nitrogens with one attached hydrogen (secondary N) is 2. The Morgan fingerprint density at radius 3 is 2.63 bits per heavy atom. The van der Waals surface area contributed by atoms with Gasteiger partial charge >= 0.3 is 5.97 Å². The summed E-state index contributed by atoms with van der Waals surface area (Å²) in [6.45, 7) is 2.26. The third kappa shape index (κ3) is 5.69. The summed E-state index contributed by atoms with van der Waals surface area (Å²) in [7, 11) is 1.36. The van der Waals surface area contributed by atoms with E-state index in [1.807, 2.05) is 4.90 Å². The fourth-order valence-corrected chi connectivity index (χ4v) is 2.16. The van der Waals surface area contributed by atoms with Crippen molar-refractivity contribution in [3.05, 3.63) is 0 Å². The lowest BCUT2D eigenvalue weighted by Crippen LogP contribution is -2.50. The molecule has 19 heavy (non-hydrogen) atoms. The van der Waals surface area contributed by atoms with Crippen LogP contribution in [0.2, 0.25) is 0 Å². The highest BCUT2D eigenvalue weighted by Gasteiger charge is 2.26. The average molecular weight is 271 g/mol. The molecule has 0 aromatic heterocycles. The molecule has 0 aliphatic carbocycles. The van der Waals surface area contributed by atoms with Crippen molar-refractivity contribution in [2.75, 3.05) is 20.2 Å². The zero-order valence-electron chi connectivity index (χ0n) is 11.4. The Balaban J connectivity index is 2.45. The normalized spacial score (nSPS) is 19.6. The molecule has 1 fully saturated rings. The number of esters is 1. The fraction of sp³-hybridized carbons (Fsp3) is 0.750. The van der Waals surface area contributed by atoms with E-state index in [2.05, 4.69) is 15.6 Å². The quantitative estimate of drug-likeness (QED) is 0.535.